The van der Waals surface area contributed by atoms with Gasteiger partial charge in [0.05, 0.1) is 0 Å². The molecule has 0 nitrogen and oxygen atoms in total. The van der Waals surface area contributed by atoms with Crippen molar-refractivity contribution >= 4 is 0 Å². The standard InChI is InChI=1S/C14H30/c1-8-9-12(4)14(6,7)13(5)10-11(2)3/h11-13H,8-10H2,1-7H3. The van der Waals surface area contributed by atoms with Gasteiger partial charge in [0.15, 0.2) is 0 Å². The lowest BCUT2D eigenvalue weighted by atomic mass is 9.67. The lowest BCUT2D eigenvalue weighted by Crippen LogP contribution is -2.30. The molecule has 0 rings (SSSR count). The van der Waals surface area contributed by atoms with Crippen molar-refractivity contribution in [2.45, 2.75) is 67.7 Å². The van der Waals surface area contributed by atoms with Crippen LogP contribution in [0, 0.1) is 23.2 Å². The molecule has 14 heavy (non-hydrogen) atoms. The van der Waals surface area contributed by atoms with Crippen molar-refractivity contribution in [3.8, 4) is 0 Å². The molecule has 0 aromatic rings. The van der Waals surface area contributed by atoms with Crippen LogP contribution in [0.4, 0.5) is 0 Å². The van der Waals surface area contributed by atoms with Crippen LogP contribution in [0.1, 0.15) is 67.7 Å². The second-order valence-corrected chi connectivity index (χ2v) is 6.04. The number of hydrogen-bond acceptors (Lipinski definition) is 0. The van der Waals surface area contributed by atoms with Crippen LogP contribution in [-0.4, -0.2) is 0 Å². The topological polar surface area (TPSA) is 0 Å². The molecule has 0 heterocycles. The summed E-state index contributed by atoms with van der Waals surface area (Å²) >= 11 is 0. The summed E-state index contributed by atoms with van der Waals surface area (Å²) in [5.41, 5.74) is 0.500. The largest absolute Gasteiger partial charge is 0.0654 e. The van der Waals surface area contributed by atoms with Crippen LogP contribution < -0.4 is 0 Å². The van der Waals surface area contributed by atoms with Gasteiger partial charge in [-0.2, -0.15) is 0 Å². The van der Waals surface area contributed by atoms with E-state index in [0.29, 0.717) is 5.41 Å². The van der Waals surface area contributed by atoms with E-state index in [1.54, 1.807) is 0 Å². The molecule has 0 aromatic carbocycles. The predicted molar refractivity (Wildman–Crippen MR) is 66.5 cm³/mol. The molecule has 0 saturated heterocycles. The summed E-state index contributed by atoms with van der Waals surface area (Å²) < 4.78 is 0. The van der Waals surface area contributed by atoms with Crippen LogP contribution in [0.3, 0.4) is 0 Å². The minimum atomic E-state index is 0.500. The minimum Gasteiger partial charge on any atom is -0.0654 e. The molecular weight excluding hydrogens is 168 g/mol. The van der Waals surface area contributed by atoms with Crippen molar-refractivity contribution in [1.82, 2.24) is 0 Å². The minimum absolute atomic E-state index is 0.500. The van der Waals surface area contributed by atoms with Crippen LogP contribution >= 0.6 is 0 Å². The van der Waals surface area contributed by atoms with Crippen molar-refractivity contribution in [2.75, 3.05) is 0 Å². The lowest BCUT2D eigenvalue weighted by Gasteiger charge is -2.38. The molecule has 0 spiro atoms. The fourth-order valence-electron chi connectivity index (χ4n) is 2.30. The molecule has 86 valence electrons. The normalized spacial score (nSPS) is 17.1. The van der Waals surface area contributed by atoms with Gasteiger partial charge in [0.1, 0.15) is 0 Å². The second kappa shape index (κ2) is 5.78. The van der Waals surface area contributed by atoms with E-state index >= 15 is 0 Å². The fourth-order valence-corrected chi connectivity index (χ4v) is 2.30. The highest BCUT2D eigenvalue weighted by Crippen LogP contribution is 2.40. The van der Waals surface area contributed by atoms with Crippen molar-refractivity contribution in [3.05, 3.63) is 0 Å². The fraction of sp³-hybridized carbons (Fsp3) is 1.00. The molecule has 0 heteroatoms. The third kappa shape index (κ3) is 4.02. The Morgan fingerprint density at radius 1 is 0.929 bits per heavy atom. The molecule has 0 aliphatic rings. The summed E-state index contributed by atoms with van der Waals surface area (Å²) in [7, 11) is 0. The molecule has 0 radical (unpaired) electrons. The van der Waals surface area contributed by atoms with Crippen molar-refractivity contribution in [2.24, 2.45) is 23.2 Å². The van der Waals surface area contributed by atoms with E-state index in [2.05, 4.69) is 48.5 Å². The molecule has 0 aliphatic heterocycles. The molecule has 0 bridgehead atoms. The van der Waals surface area contributed by atoms with Gasteiger partial charge >= 0.3 is 0 Å². The second-order valence-electron chi connectivity index (χ2n) is 6.04. The van der Waals surface area contributed by atoms with E-state index in [1.807, 2.05) is 0 Å². The molecule has 0 saturated carbocycles. The average molecular weight is 198 g/mol. The van der Waals surface area contributed by atoms with Gasteiger partial charge in [0.2, 0.25) is 0 Å². The maximum absolute atomic E-state index is 2.44. The first kappa shape index (κ1) is 14.0. The van der Waals surface area contributed by atoms with Crippen LogP contribution in [0.25, 0.3) is 0 Å². The Labute approximate surface area is 91.5 Å². The zero-order valence-corrected chi connectivity index (χ0v) is 11.4. The van der Waals surface area contributed by atoms with Crippen LogP contribution in [-0.2, 0) is 0 Å². The van der Waals surface area contributed by atoms with Crippen molar-refractivity contribution in [1.29, 1.82) is 0 Å². The predicted octanol–water partition coefficient (Wildman–Crippen LogP) is 5.13. The summed E-state index contributed by atoms with van der Waals surface area (Å²) in [5.74, 6) is 2.52. The maximum atomic E-state index is 2.44. The first-order valence-electron chi connectivity index (χ1n) is 6.32. The quantitative estimate of drug-likeness (QED) is 0.555. The van der Waals surface area contributed by atoms with Crippen LogP contribution in [0.5, 0.6) is 0 Å². The summed E-state index contributed by atoms with van der Waals surface area (Å²) in [5, 5.41) is 0. The van der Waals surface area contributed by atoms with E-state index in [9.17, 15) is 0 Å². The molecule has 0 N–H and O–H groups in total. The average Bonchev–Trinajstić information content (AvgIpc) is 2.03. The van der Waals surface area contributed by atoms with Gasteiger partial charge < -0.3 is 0 Å². The van der Waals surface area contributed by atoms with Crippen LogP contribution in [0.2, 0.25) is 0 Å². The zero-order chi connectivity index (χ0) is 11.4. The molecule has 0 fully saturated rings. The van der Waals surface area contributed by atoms with Gasteiger partial charge in [0.25, 0.3) is 0 Å². The number of hydrogen-bond donors (Lipinski definition) is 0. The van der Waals surface area contributed by atoms with Gasteiger partial charge in [-0.15, -0.1) is 0 Å². The van der Waals surface area contributed by atoms with Crippen molar-refractivity contribution in [3.63, 3.8) is 0 Å². The Hall–Kier alpha value is 0. The Morgan fingerprint density at radius 2 is 1.43 bits per heavy atom. The van der Waals surface area contributed by atoms with Gasteiger partial charge in [-0.05, 0) is 29.6 Å². The third-order valence-corrected chi connectivity index (χ3v) is 4.09. The van der Waals surface area contributed by atoms with E-state index < -0.39 is 0 Å². The highest BCUT2D eigenvalue weighted by Gasteiger charge is 2.31. The third-order valence-electron chi connectivity index (χ3n) is 4.09. The summed E-state index contributed by atoms with van der Waals surface area (Å²) in [6, 6.07) is 0. The smallest absolute Gasteiger partial charge is 0.0303 e. The SMILES string of the molecule is CCCC(C)C(C)(C)C(C)CC(C)C. The molecular formula is C14H30. The first-order valence-corrected chi connectivity index (χ1v) is 6.32. The molecule has 0 aliphatic carbocycles. The first-order chi connectivity index (χ1) is 6.32. The molecule has 2 atom stereocenters. The van der Waals surface area contributed by atoms with E-state index in [1.165, 1.54) is 19.3 Å². The Balaban J connectivity index is 4.27. The summed E-state index contributed by atoms with van der Waals surface area (Å²) in [6.07, 6.45) is 4.05. The molecule has 0 aromatic heterocycles. The highest BCUT2D eigenvalue weighted by atomic mass is 14.4. The Bertz CT molecular complexity index is 144. The van der Waals surface area contributed by atoms with Crippen molar-refractivity contribution < 1.29 is 0 Å². The lowest BCUT2D eigenvalue weighted by molar-refractivity contribution is 0.113. The van der Waals surface area contributed by atoms with Crippen LogP contribution in [0.15, 0.2) is 0 Å². The van der Waals surface area contributed by atoms with E-state index in [-0.39, 0.29) is 0 Å². The maximum Gasteiger partial charge on any atom is -0.0303 e. The Morgan fingerprint density at radius 3 is 1.79 bits per heavy atom. The van der Waals surface area contributed by atoms with E-state index in [0.717, 1.165) is 17.8 Å². The van der Waals surface area contributed by atoms with Gasteiger partial charge in [-0.3, -0.25) is 0 Å². The monoisotopic (exact) mass is 198 g/mol. The summed E-state index contributed by atoms with van der Waals surface area (Å²) in [6.45, 7) is 16.7. The number of rotatable bonds is 6. The van der Waals surface area contributed by atoms with Gasteiger partial charge in [0, 0.05) is 0 Å². The Kier molecular flexibility index (Phi) is 5.78. The van der Waals surface area contributed by atoms with E-state index in [4.69, 9.17) is 0 Å². The zero-order valence-electron chi connectivity index (χ0n) is 11.4. The summed E-state index contributed by atoms with van der Waals surface area (Å²) in [4.78, 5) is 0. The highest BCUT2D eigenvalue weighted by molar-refractivity contribution is 4.81. The molecule has 2 unspecified atom stereocenters. The van der Waals surface area contributed by atoms with Gasteiger partial charge in [-0.1, -0.05) is 61.3 Å². The molecule has 0 amide bonds. The van der Waals surface area contributed by atoms with Gasteiger partial charge in [-0.25, -0.2) is 0 Å².